The first-order chi connectivity index (χ1) is 15.3. The number of hydrogen-bond donors (Lipinski definition) is 1. The van der Waals surface area contributed by atoms with Crippen LogP contribution in [0.3, 0.4) is 0 Å². The Morgan fingerprint density at radius 1 is 1.25 bits per heavy atom. The average Bonchev–Trinajstić information content (AvgIpc) is 3.14. The molecule has 1 aromatic carbocycles. The quantitative estimate of drug-likeness (QED) is 0.265. The van der Waals surface area contributed by atoms with E-state index >= 15 is 0 Å². The summed E-state index contributed by atoms with van der Waals surface area (Å²) in [6, 6.07) is 11.5. The summed E-state index contributed by atoms with van der Waals surface area (Å²) in [5, 5.41) is 12.1. The van der Waals surface area contributed by atoms with Crippen molar-refractivity contribution in [1.82, 2.24) is 19.7 Å². The number of benzene rings is 1. The Bertz CT molecular complexity index is 1080. The van der Waals surface area contributed by atoms with Crippen molar-refractivity contribution in [2.45, 2.75) is 44.5 Å². The van der Waals surface area contributed by atoms with Crippen molar-refractivity contribution in [2.75, 3.05) is 11.1 Å². The van der Waals surface area contributed by atoms with E-state index in [2.05, 4.69) is 60.0 Å². The zero-order valence-electron chi connectivity index (χ0n) is 18.3. The fourth-order valence-corrected chi connectivity index (χ4v) is 3.77. The van der Waals surface area contributed by atoms with Crippen molar-refractivity contribution >= 4 is 35.0 Å². The van der Waals surface area contributed by atoms with Crippen LogP contribution in [-0.2, 0) is 23.4 Å². The van der Waals surface area contributed by atoms with Gasteiger partial charge in [0, 0.05) is 12.7 Å². The van der Waals surface area contributed by atoms with Crippen molar-refractivity contribution in [3.8, 4) is 5.75 Å². The number of halogens is 1. The van der Waals surface area contributed by atoms with Crippen molar-refractivity contribution in [3.05, 3.63) is 71.8 Å². The van der Waals surface area contributed by atoms with E-state index in [0.29, 0.717) is 23.2 Å². The summed E-state index contributed by atoms with van der Waals surface area (Å²) in [5.41, 5.74) is 1.80. The highest BCUT2D eigenvalue weighted by Crippen LogP contribution is 2.25. The minimum absolute atomic E-state index is 0.0867. The third kappa shape index (κ3) is 6.34. The molecule has 3 aromatic rings. The van der Waals surface area contributed by atoms with Crippen molar-refractivity contribution in [3.63, 3.8) is 0 Å². The average molecular weight is 472 g/mol. The van der Waals surface area contributed by atoms with E-state index in [1.54, 1.807) is 24.4 Å². The normalized spacial score (nSPS) is 11.2. The molecule has 2 aromatic heterocycles. The number of allylic oxidation sites excluding steroid dienone is 1. The zero-order chi connectivity index (χ0) is 23.1. The third-order valence-corrected chi connectivity index (χ3v) is 5.83. The standard InChI is InChI=1S/C23H26ClN5O2S/c1-5-13-29-19(14-31-17-10-8-16(9-11-17)23(2,3)4)27-28-22(29)32-15-20(30)26-18-7-6-12-25-21(18)24/h5-12H,1,13-15H2,2-4H3,(H,26,30). The summed E-state index contributed by atoms with van der Waals surface area (Å²) in [6.07, 6.45) is 3.32. The van der Waals surface area contributed by atoms with Gasteiger partial charge in [-0.1, -0.05) is 62.3 Å². The molecule has 0 aliphatic carbocycles. The Hall–Kier alpha value is -2.84. The molecule has 3 rings (SSSR count). The van der Waals surface area contributed by atoms with Gasteiger partial charge < -0.3 is 10.1 Å². The fourth-order valence-electron chi connectivity index (χ4n) is 2.84. The van der Waals surface area contributed by atoms with Gasteiger partial charge in [-0.3, -0.25) is 9.36 Å². The van der Waals surface area contributed by atoms with Gasteiger partial charge in [0.2, 0.25) is 5.91 Å². The second-order valence-electron chi connectivity index (χ2n) is 8.04. The molecule has 0 unspecified atom stereocenters. The van der Waals surface area contributed by atoms with Gasteiger partial charge in [-0.15, -0.1) is 16.8 Å². The Labute approximate surface area is 197 Å². The number of nitrogens with one attached hydrogen (secondary N) is 1. The smallest absolute Gasteiger partial charge is 0.234 e. The largest absolute Gasteiger partial charge is 0.486 e. The second kappa shape index (κ2) is 10.7. The summed E-state index contributed by atoms with van der Waals surface area (Å²) >= 11 is 7.27. The molecule has 1 amide bonds. The number of rotatable bonds is 9. The van der Waals surface area contributed by atoms with Crippen molar-refractivity contribution in [1.29, 1.82) is 0 Å². The second-order valence-corrected chi connectivity index (χ2v) is 9.34. The molecular formula is C23H26ClN5O2S. The summed E-state index contributed by atoms with van der Waals surface area (Å²) < 4.78 is 7.79. The molecule has 0 radical (unpaired) electrons. The molecule has 0 aliphatic heterocycles. The number of carbonyl (C=O) groups is 1. The highest BCUT2D eigenvalue weighted by Gasteiger charge is 2.16. The molecule has 0 atom stereocenters. The first kappa shape index (κ1) is 23.8. The Morgan fingerprint density at radius 2 is 2.00 bits per heavy atom. The van der Waals surface area contributed by atoms with Crippen LogP contribution in [-0.4, -0.2) is 31.4 Å². The Balaban J connectivity index is 1.61. The number of anilines is 1. The first-order valence-corrected chi connectivity index (χ1v) is 11.4. The van der Waals surface area contributed by atoms with Crippen LogP contribution in [0.2, 0.25) is 5.15 Å². The van der Waals surface area contributed by atoms with Crippen LogP contribution < -0.4 is 10.1 Å². The van der Waals surface area contributed by atoms with E-state index < -0.39 is 0 Å². The molecule has 0 saturated heterocycles. The molecule has 0 saturated carbocycles. The van der Waals surface area contributed by atoms with E-state index in [4.69, 9.17) is 16.3 Å². The van der Waals surface area contributed by atoms with Crippen molar-refractivity contribution in [2.24, 2.45) is 0 Å². The lowest BCUT2D eigenvalue weighted by molar-refractivity contribution is -0.113. The van der Waals surface area contributed by atoms with Crippen LogP contribution in [0, 0.1) is 0 Å². The molecule has 7 nitrogen and oxygen atoms in total. The molecule has 0 aliphatic rings. The molecule has 32 heavy (non-hydrogen) atoms. The van der Waals surface area contributed by atoms with Gasteiger partial charge in [0.05, 0.1) is 11.4 Å². The monoisotopic (exact) mass is 471 g/mol. The summed E-state index contributed by atoms with van der Waals surface area (Å²) in [4.78, 5) is 16.2. The molecule has 0 bridgehead atoms. The fraction of sp³-hybridized carbons (Fsp3) is 0.304. The van der Waals surface area contributed by atoms with Crippen LogP contribution >= 0.6 is 23.4 Å². The van der Waals surface area contributed by atoms with Gasteiger partial charge in [0.15, 0.2) is 16.1 Å². The first-order valence-electron chi connectivity index (χ1n) is 10.1. The van der Waals surface area contributed by atoms with E-state index in [0.717, 1.165) is 5.75 Å². The summed E-state index contributed by atoms with van der Waals surface area (Å²) in [5.74, 6) is 1.35. The Kier molecular flexibility index (Phi) is 7.93. The third-order valence-electron chi connectivity index (χ3n) is 4.56. The Morgan fingerprint density at radius 3 is 2.66 bits per heavy atom. The number of thioether (sulfide) groups is 1. The lowest BCUT2D eigenvalue weighted by atomic mass is 9.87. The van der Waals surface area contributed by atoms with Crippen LogP contribution in [0.1, 0.15) is 32.2 Å². The highest BCUT2D eigenvalue weighted by atomic mass is 35.5. The van der Waals surface area contributed by atoms with Crippen LogP contribution in [0.4, 0.5) is 5.69 Å². The maximum absolute atomic E-state index is 12.3. The maximum atomic E-state index is 12.3. The molecule has 0 spiro atoms. The number of amides is 1. The van der Waals surface area contributed by atoms with E-state index in [9.17, 15) is 4.79 Å². The molecule has 9 heteroatoms. The van der Waals surface area contributed by atoms with E-state index in [1.807, 2.05) is 16.7 Å². The minimum atomic E-state index is -0.213. The van der Waals surface area contributed by atoms with Gasteiger partial charge >= 0.3 is 0 Å². The lowest BCUT2D eigenvalue weighted by Crippen LogP contribution is -2.15. The lowest BCUT2D eigenvalue weighted by Gasteiger charge is -2.19. The SMILES string of the molecule is C=CCn1c(COc2ccc(C(C)(C)C)cc2)nnc1SCC(=O)Nc1cccnc1Cl. The van der Waals surface area contributed by atoms with E-state index in [1.165, 1.54) is 17.3 Å². The van der Waals surface area contributed by atoms with Gasteiger partial charge in [0.1, 0.15) is 12.4 Å². The zero-order valence-corrected chi connectivity index (χ0v) is 19.9. The number of aromatic nitrogens is 4. The molecule has 2 heterocycles. The van der Waals surface area contributed by atoms with E-state index in [-0.39, 0.29) is 28.8 Å². The number of hydrogen-bond acceptors (Lipinski definition) is 6. The maximum Gasteiger partial charge on any atom is 0.234 e. The van der Waals surface area contributed by atoms with Crippen molar-refractivity contribution < 1.29 is 9.53 Å². The molecule has 0 fully saturated rings. The number of ether oxygens (including phenoxy) is 1. The van der Waals surface area contributed by atoms with Crippen LogP contribution in [0.25, 0.3) is 0 Å². The topological polar surface area (TPSA) is 81.9 Å². The summed E-state index contributed by atoms with van der Waals surface area (Å²) in [7, 11) is 0. The molecule has 168 valence electrons. The highest BCUT2D eigenvalue weighted by molar-refractivity contribution is 7.99. The predicted molar refractivity (Wildman–Crippen MR) is 128 cm³/mol. The van der Waals surface area contributed by atoms with Crippen LogP contribution in [0.5, 0.6) is 5.75 Å². The van der Waals surface area contributed by atoms with Gasteiger partial charge in [-0.05, 0) is 35.2 Å². The minimum Gasteiger partial charge on any atom is -0.486 e. The number of pyridine rings is 1. The number of carbonyl (C=O) groups excluding carboxylic acids is 1. The number of nitrogens with zero attached hydrogens (tertiary/aromatic N) is 4. The van der Waals surface area contributed by atoms with Gasteiger partial charge in [-0.2, -0.15) is 0 Å². The predicted octanol–water partition coefficient (Wildman–Crippen LogP) is 5.12. The summed E-state index contributed by atoms with van der Waals surface area (Å²) in [6.45, 7) is 11.1. The van der Waals surface area contributed by atoms with Gasteiger partial charge in [0.25, 0.3) is 0 Å². The van der Waals surface area contributed by atoms with Gasteiger partial charge in [-0.25, -0.2) is 4.98 Å². The van der Waals surface area contributed by atoms with Crippen LogP contribution in [0.15, 0.2) is 60.4 Å². The molecular weight excluding hydrogens is 446 g/mol. The molecule has 1 N–H and O–H groups in total.